The van der Waals surface area contributed by atoms with Gasteiger partial charge in [-0.2, -0.15) is 0 Å². The van der Waals surface area contributed by atoms with Gasteiger partial charge in [-0.15, -0.1) is 0 Å². The number of para-hydroxylation sites is 1. The SMILES string of the molecule is COc1cc(CO)cc(I)c1O[C@H]1C=C(C(=O)NCCO)C[C@@H](N(CCC(C)C)C(=O)c2cc3cccc(OC)c3o2)[C@@H]1O. The zero-order valence-corrected chi connectivity index (χ0v) is 27.4. The molecule has 2 aromatic carbocycles. The van der Waals surface area contributed by atoms with Crippen LogP contribution in [0.4, 0.5) is 0 Å². The van der Waals surface area contributed by atoms with Crippen molar-refractivity contribution < 1.29 is 43.5 Å². The van der Waals surface area contributed by atoms with E-state index >= 15 is 0 Å². The number of benzene rings is 2. The van der Waals surface area contributed by atoms with E-state index in [0.717, 1.165) is 0 Å². The number of fused-ring (bicyclic) bond motifs is 1. The second-order valence-corrected chi connectivity index (χ2v) is 12.1. The minimum Gasteiger partial charge on any atom is -0.493 e. The second-order valence-electron chi connectivity index (χ2n) is 11.0. The fourth-order valence-electron chi connectivity index (χ4n) is 5.15. The molecule has 0 aliphatic heterocycles. The van der Waals surface area contributed by atoms with Crippen LogP contribution in [0, 0.1) is 9.49 Å². The quantitative estimate of drug-likeness (QED) is 0.194. The van der Waals surface area contributed by atoms with Gasteiger partial charge in [0.05, 0.1) is 37.0 Å². The fourth-order valence-corrected chi connectivity index (χ4v) is 5.95. The molecule has 1 aliphatic carbocycles. The molecule has 0 spiro atoms. The van der Waals surface area contributed by atoms with Crippen LogP contribution < -0.4 is 19.5 Å². The molecule has 3 aromatic rings. The van der Waals surface area contributed by atoms with Crippen LogP contribution in [-0.2, 0) is 11.4 Å². The van der Waals surface area contributed by atoms with Gasteiger partial charge in [0.15, 0.2) is 28.6 Å². The van der Waals surface area contributed by atoms with Crippen molar-refractivity contribution in [2.45, 2.75) is 51.5 Å². The number of methoxy groups -OCH3 is 2. The van der Waals surface area contributed by atoms with Crippen LogP contribution in [-0.4, -0.2) is 84.2 Å². The van der Waals surface area contributed by atoms with E-state index in [1.807, 2.05) is 19.9 Å². The average Bonchev–Trinajstić information content (AvgIpc) is 3.46. The largest absolute Gasteiger partial charge is 0.493 e. The van der Waals surface area contributed by atoms with E-state index < -0.39 is 30.1 Å². The van der Waals surface area contributed by atoms with E-state index in [0.29, 0.717) is 49.3 Å². The third-order valence-corrected chi connectivity index (χ3v) is 8.29. The van der Waals surface area contributed by atoms with Crippen molar-refractivity contribution >= 4 is 45.4 Å². The molecule has 1 aromatic heterocycles. The topological polar surface area (TPSA) is 151 Å². The number of aliphatic hydroxyl groups excluding tert-OH is 3. The average molecular weight is 723 g/mol. The van der Waals surface area contributed by atoms with E-state index in [1.165, 1.54) is 14.2 Å². The molecular weight excluding hydrogens is 683 g/mol. The number of amides is 2. The lowest BCUT2D eigenvalue weighted by atomic mass is 9.87. The summed E-state index contributed by atoms with van der Waals surface area (Å²) in [5.41, 5.74) is 1.35. The van der Waals surface area contributed by atoms with Gasteiger partial charge in [-0.3, -0.25) is 9.59 Å². The van der Waals surface area contributed by atoms with Gasteiger partial charge in [0.1, 0.15) is 12.2 Å². The van der Waals surface area contributed by atoms with Crippen LogP contribution in [0.5, 0.6) is 17.2 Å². The highest BCUT2D eigenvalue weighted by Crippen LogP contribution is 2.38. The third kappa shape index (κ3) is 7.48. The number of nitrogens with zero attached hydrogens (tertiary/aromatic N) is 1. The summed E-state index contributed by atoms with van der Waals surface area (Å²) in [4.78, 5) is 28.9. The van der Waals surface area contributed by atoms with E-state index in [2.05, 4.69) is 27.9 Å². The predicted molar refractivity (Wildman–Crippen MR) is 172 cm³/mol. The molecule has 44 heavy (non-hydrogen) atoms. The van der Waals surface area contributed by atoms with Crippen LogP contribution in [0.3, 0.4) is 0 Å². The molecule has 0 saturated carbocycles. The van der Waals surface area contributed by atoms with Crippen molar-refractivity contribution in [1.82, 2.24) is 10.2 Å². The summed E-state index contributed by atoms with van der Waals surface area (Å²) in [7, 11) is 2.99. The number of rotatable bonds is 13. The van der Waals surface area contributed by atoms with Crippen LogP contribution in [0.1, 0.15) is 42.8 Å². The number of furan rings is 1. The predicted octanol–water partition coefficient (Wildman–Crippen LogP) is 3.65. The van der Waals surface area contributed by atoms with Crippen LogP contribution in [0.25, 0.3) is 11.0 Å². The lowest BCUT2D eigenvalue weighted by Gasteiger charge is -2.40. The van der Waals surface area contributed by atoms with Crippen molar-refractivity contribution in [2.75, 3.05) is 33.9 Å². The Morgan fingerprint density at radius 3 is 2.55 bits per heavy atom. The Morgan fingerprint density at radius 2 is 1.89 bits per heavy atom. The van der Waals surface area contributed by atoms with Crippen molar-refractivity contribution in [3.05, 3.63) is 62.9 Å². The molecule has 0 radical (unpaired) electrons. The maximum atomic E-state index is 14.2. The Kier molecular flexibility index (Phi) is 11.5. The number of ether oxygens (including phenoxy) is 3. The number of halogens is 1. The van der Waals surface area contributed by atoms with Gasteiger partial charge in [0.2, 0.25) is 5.91 Å². The van der Waals surface area contributed by atoms with Crippen LogP contribution in [0.2, 0.25) is 0 Å². The zero-order chi connectivity index (χ0) is 32.0. The first-order valence-electron chi connectivity index (χ1n) is 14.4. The van der Waals surface area contributed by atoms with Crippen molar-refractivity contribution in [1.29, 1.82) is 0 Å². The molecule has 4 rings (SSSR count). The first-order valence-corrected chi connectivity index (χ1v) is 15.5. The monoisotopic (exact) mass is 722 g/mol. The first kappa shape index (κ1) is 33.6. The Balaban J connectivity index is 1.76. The normalized spacial score (nSPS) is 18.2. The number of nitrogens with one attached hydrogen (secondary N) is 1. The molecule has 1 aliphatic rings. The lowest BCUT2D eigenvalue weighted by molar-refractivity contribution is -0.118. The fraction of sp³-hybridized carbons (Fsp3) is 0.438. The van der Waals surface area contributed by atoms with E-state index in [-0.39, 0.29) is 44.4 Å². The molecule has 11 nitrogen and oxygen atoms in total. The smallest absolute Gasteiger partial charge is 0.289 e. The summed E-state index contributed by atoms with van der Waals surface area (Å²) < 4.78 is 23.9. The van der Waals surface area contributed by atoms with E-state index in [4.69, 9.17) is 18.6 Å². The Morgan fingerprint density at radius 1 is 1.14 bits per heavy atom. The number of carbonyl (C=O) groups is 2. The van der Waals surface area contributed by atoms with Gasteiger partial charge < -0.3 is 44.2 Å². The van der Waals surface area contributed by atoms with Gasteiger partial charge in [0, 0.05) is 30.5 Å². The summed E-state index contributed by atoms with van der Waals surface area (Å²) in [6.07, 6.45) is -0.0635. The maximum Gasteiger partial charge on any atom is 0.289 e. The molecule has 12 heteroatoms. The van der Waals surface area contributed by atoms with Gasteiger partial charge in [0.25, 0.3) is 5.91 Å². The molecule has 2 amide bonds. The van der Waals surface area contributed by atoms with Crippen molar-refractivity contribution in [3.8, 4) is 17.2 Å². The minimum atomic E-state index is -1.24. The standard InChI is InChI=1S/C32H39IN2O9/c1-18(2)8-10-35(32(40)27-15-20-6-5-7-24(41-3)29(20)44-27)23-14-21(31(39)34-9-11-36)16-25(28(23)38)43-30-22(33)12-19(17-37)13-26(30)42-4/h5-7,12-13,15-16,18,23,25,28,36-38H,8-11,14,17H2,1-4H3,(H,34,39)/t23-,25+,28+/m1/s1. The van der Waals surface area contributed by atoms with Gasteiger partial charge >= 0.3 is 0 Å². The highest BCUT2D eigenvalue weighted by atomic mass is 127. The Hall–Kier alpha value is -3.33. The molecular formula is C32H39IN2O9. The lowest BCUT2D eigenvalue weighted by Crippen LogP contribution is -2.55. The Labute approximate surface area is 269 Å². The highest BCUT2D eigenvalue weighted by molar-refractivity contribution is 14.1. The summed E-state index contributed by atoms with van der Waals surface area (Å²) >= 11 is 2.06. The first-order chi connectivity index (χ1) is 21.1. The molecule has 0 unspecified atom stereocenters. The molecule has 0 fully saturated rings. The van der Waals surface area contributed by atoms with E-state index in [1.54, 1.807) is 41.3 Å². The molecule has 238 valence electrons. The van der Waals surface area contributed by atoms with Gasteiger partial charge in [-0.25, -0.2) is 0 Å². The number of aliphatic hydroxyl groups is 3. The highest BCUT2D eigenvalue weighted by Gasteiger charge is 2.41. The molecule has 4 N–H and O–H groups in total. The van der Waals surface area contributed by atoms with Crippen molar-refractivity contribution in [3.63, 3.8) is 0 Å². The third-order valence-electron chi connectivity index (χ3n) is 7.49. The number of hydrogen-bond donors (Lipinski definition) is 4. The molecule has 0 saturated heterocycles. The zero-order valence-electron chi connectivity index (χ0n) is 25.2. The molecule has 0 bridgehead atoms. The molecule has 1 heterocycles. The Bertz CT molecular complexity index is 1500. The van der Waals surface area contributed by atoms with Gasteiger partial charge in [-0.05, 0) is 70.8 Å². The maximum absolute atomic E-state index is 14.2. The van der Waals surface area contributed by atoms with Crippen LogP contribution >= 0.6 is 22.6 Å². The number of hydrogen-bond acceptors (Lipinski definition) is 9. The van der Waals surface area contributed by atoms with Crippen LogP contribution in [0.15, 0.2) is 52.5 Å². The number of carbonyl (C=O) groups excluding carboxylic acids is 2. The molecule has 3 atom stereocenters. The summed E-state index contributed by atoms with van der Waals surface area (Å²) in [5, 5.41) is 34.1. The van der Waals surface area contributed by atoms with Gasteiger partial charge in [-0.1, -0.05) is 26.0 Å². The van der Waals surface area contributed by atoms with E-state index in [9.17, 15) is 24.9 Å². The summed E-state index contributed by atoms with van der Waals surface area (Å²) in [6.45, 7) is 3.96. The summed E-state index contributed by atoms with van der Waals surface area (Å²) in [5.74, 6) is 0.602. The minimum absolute atomic E-state index is 0.0417. The second kappa shape index (κ2) is 15.1. The van der Waals surface area contributed by atoms with Crippen molar-refractivity contribution in [2.24, 2.45) is 5.92 Å². The summed E-state index contributed by atoms with van der Waals surface area (Å²) in [6, 6.07) is 9.52.